The minimum atomic E-state index is -0.107. The standard InChI is InChI=1S/C22H25N3O2S3/c1-27-17-9-7-16(8-10-17)19-14-18(20-6-5-13-29-20)23-25(19)21(26)15-30-22(28)24-11-3-2-4-12-24/h5-10,13,19H,2-4,11-12,14-15H2,1H3/t19-/m0/s1. The van der Waals surface area contributed by atoms with Crippen LogP contribution >= 0.6 is 35.3 Å². The first kappa shape index (κ1) is 21.3. The van der Waals surface area contributed by atoms with Crippen molar-refractivity contribution in [3.05, 3.63) is 52.2 Å². The molecule has 0 bridgehead atoms. The Morgan fingerprint density at radius 3 is 2.67 bits per heavy atom. The van der Waals surface area contributed by atoms with Gasteiger partial charge in [-0.15, -0.1) is 11.3 Å². The van der Waals surface area contributed by atoms with Crippen LogP contribution < -0.4 is 4.74 Å². The lowest BCUT2D eigenvalue weighted by molar-refractivity contribution is -0.130. The number of thioether (sulfide) groups is 1. The monoisotopic (exact) mass is 459 g/mol. The second kappa shape index (κ2) is 9.94. The molecule has 0 saturated carbocycles. The molecule has 5 nitrogen and oxygen atoms in total. The first-order valence-electron chi connectivity index (χ1n) is 10.1. The highest BCUT2D eigenvalue weighted by Crippen LogP contribution is 2.35. The summed E-state index contributed by atoms with van der Waals surface area (Å²) in [6.07, 6.45) is 4.32. The van der Waals surface area contributed by atoms with Crippen LogP contribution in [0.2, 0.25) is 0 Å². The number of piperidine rings is 1. The van der Waals surface area contributed by atoms with Gasteiger partial charge in [-0.05, 0) is 48.4 Å². The maximum atomic E-state index is 13.2. The molecule has 1 aromatic heterocycles. The van der Waals surface area contributed by atoms with Crippen LogP contribution in [0.25, 0.3) is 0 Å². The number of benzene rings is 1. The number of rotatable bonds is 5. The summed E-state index contributed by atoms with van der Waals surface area (Å²) in [5.41, 5.74) is 2.02. The fourth-order valence-electron chi connectivity index (χ4n) is 3.77. The van der Waals surface area contributed by atoms with Crippen molar-refractivity contribution < 1.29 is 9.53 Å². The normalized spacial score (nSPS) is 19.0. The summed E-state index contributed by atoms with van der Waals surface area (Å²) < 4.78 is 6.10. The third kappa shape index (κ3) is 4.87. The number of methoxy groups -OCH3 is 1. The summed E-state index contributed by atoms with van der Waals surface area (Å²) in [5.74, 6) is 1.10. The molecular formula is C22H25N3O2S3. The largest absolute Gasteiger partial charge is 0.497 e. The van der Waals surface area contributed by atoms with Crippen LogP contribution in [-0.2, 0) is 4.79 Å². The zero-order valence-electron chi connectivity index (χ0n) is 17.0. The van der Waals surface area contributed by atoms with Crippen molar-refractivity contribution in [1.82, 2.24) is 9.91 Å². The Morgan fingerprint density at radius 1 is 1.23 bits per heavy atom. The molecule has 0 radical (unpaired) electrons. The highest BCUT2D eigenvalue weighted by Gasteiger charge is 2.33. The number of hydrazone groups is 1. The molecule has 8 heteroatoms. The van der Waals surface area contributed by atoms with E-state index in [2.05, 4.69) is 11.0 Å². The zero-order valence-corrected chi connectivity index (χ0v) is 19.4. The molecule has 1 saturated heterocycles. The summed E-state index contributed by atoms with van der Waals surface area (Å²) >= 11 is 8.69. The SMILES string of the molecule is COc1ccc([C@@H]2CC(c3cccs3)=NN2C(=O)CSC(=S)N2CCCCC2)cc1. The molecule has 0 aliphatic carbocycles. The number of hydrogen-bond donors (Lipinski definition) is 0. The summed E-state index contributed by atoms with van der Waals surface area (Å²) in [7, 11) is 1.65. The van der Waals surface area contributed by atoms with Crippen molar-refractivity contribution >= 4 is 51.3 Å². The van der Waals surface area contributed by atoms with Gasteiger partial charge in [0.15, 0.2) is 0 Å². The first-order valence-corrected chi connectivity index (χ1v) is 12.4. The van der Waals surface area contributed by atoms with Gasteiger partial charge in [-0.2, -0.15) is 5.10 Å². The van der Waals surface area contributed by atoms with Crippen LogP contribution in [0.15, 0.2) is 46.9 Å². The summed E-state index contributed by atoms with van der Waals surface area (Å²) in [5, 5.41) is 8.43. The Kier molecular flexibility index (Phi) is 7.07. The van der Waals surface area contributed by atoms with Gasteiger partial charge in [-0.1, -0.05) is 42.2 Å². The number of hydrogen-bond acceptors (Lipinski definition) is 6. The van der Waals surface area contributed by atoms with E-state index >= 15 is 0 Å². The second-order valence-corrected chi connectivity index (χ2v) is 9.91. The molecule has 4 rings (SSSR count). The molecular weight excluding hydrogens is 434 g/mol. The van der Waals surface area contributed by atoms with E-state index in [1.807, 2.05) is 35.7 Å². The highest BCUT2D eigenvalue weighted by molar-refractivity contribution is 8.23. The molecule has 30 heavy (non-hydrogen) atoms. The minimum absolute atomic E-state index is 0.00765. The maximum absolute atomic E-state index is 13.2. The Morgan fingerprint density at radius 2 is 2.00 bits per heavy atom. The van der Waals surface area contributed by atoms with E-state index in [1.54, 1.807) is 23.5 Å². The lowest BCUT2D eigenvalue weighted by Crippen LogP contribution is -2.34. The number of nitrogens with zero attached hydrogens (tertiary/aromatic N) is 3. The van der Waals surface area contributed by atoms with Crippen LogP contribution in [-0.4, -0.2) is 51.8 Å². The first-order chi connectivity index (χ1) is 14.7. The molecule has 0 N–H and O–H groups in total. The smallest absolute Gasteiger partial charge is 0.253 e. The zero-order chi connectivity index (χ0) is 20.9. The molecule has 2 aromatic rings. The van der Waals surface area contributed by atoms with Crippen LogP contribution in [0.4, 0.5) is 0 Å². The van der Waals surface area contributed by atoms with E-state index < -0.39 is 0 Å². The maximum Gasteiger partial charge on any atom is 0.253 e. The van der Waals surface area contributed by atoms with Crippen LogP contribution in [0.5, 0.6) is 5.75 Å². The molecule has 2 aliphatic heterocycles. The highest BCUT2D eigenvalue weighted by atomic mass is 32.2. The molecule has 1 atom stereocenters. The molecule has 2 aliphatic rings. The van der Waals surface area contributed by atoms with Gasteiger partial charge < -0.3 is 9.64 Å². The fraction of sp³-hybridized carbons (Fsp3) is 0.409. The predicted octanol–water partition coefficient (Wildman–Crippen LogP) is 4.94. The van der Waals surface area contributed by atoms with Gasteiger partial charge in [0, 0.05) is 19.5 Å². The summed E-state index contributed by atoms with van der Waals surface area (Å²) in [6, 6.07) is 11.9. The molecule has 1 amide bonds. The van der Waals surface area contributed by atoms with Crippen LogP contribution in [0.1, 0.15) is 42.2 Å². The molecule has 1 fully saturated rings. The third-order valence-corrected chi connectivity index (χ3v) is 7.83. The second-order valence-electron chi connectivity index (χ2n) is 7.36. The van der Waals surface area contributed by atoms with Crippen LogP contribution in [0.3, 0.4) is 0 Å². The van der Waals surface area contributed by atoms with Gasteiger partial charge in [0.2, 0.25) is 0 Å². The van der Waals surface area contributed by atoms with Crippen molar-refractivity contribution in [1.29, 1.82) is 0 Å². The van der Waals surface area contributed by atoms with Gasteiger partial charge in [0.25, 0.3) is 5.91 Å². The lowest BCUT2D eigenvalue weighted by atomic mass is 10.0. The van der Waals surface area contributed by atoms with Crippen molar-refractivity contribution in [2.24, 2.45) is 5.10 Å². The van der Waals surface area contributed by atoms with E-state index in [1.165, 1.54) is 31.0 Å². The van der Waals surface area contributed by atoms with E-state index in [-0.39, 0.29) is 11.9 Å². The number of ether oxygens (including phenoxy) is 1. The van der Waals surface area contributed by atoms with Gasteiger partial charge in [-0.3, -0.25) is 4.79 Å². The van der Waals surface area contributed by atoms with Gasteiger partial charge in [0.05, 0.1) is 29.5 Å². The summed E-state index contributed by atoms with van der Waals surface area (Å²) in [4.78, 5) is 16.5. The summed E-state index contributed by atoms with van der Waals surface area (Å²) in [6.45, 7) is 2.00. The Balaban J connectivity index is 1.48. The molecule has 158 valence electrons. The minimum Gasteiger partial charge on any atom is -0.497 e. The number of thiocarbonyl (C=S) groups is 1. The number of carbonyl (C=O) groups excluding carboxylic acids is 1. The number of thiophene rings is 1. The molecule has 3 heterocycles. The Hall–Kier alpha value is -1.90. The average molecular weight is 460 g/mol. The van der Waals surface area contributed by atoms with E-state index in [0.29, 0.717) is 12.2 Å². The number of likely N-dealkylation sites (tertiary alicyclic amines) is 1. The topological polar surface area (TPSA) is 45.1 Å². The van der Waals surface area contributed by atoms with Crippen LogP contribution in [0, 0.1) is 0 Å². The number of carbonyl (C=O) groups is 1. The van der Waals surface area contributed by atoms with Crippen molar-refractivity contribution in [3.8, 4) is 5.75 Å². The van der Waals surface area contributed by atoms with E-state index in [0.717, 1.165) is 39.3 Å². The van der Waals surface area contributed by atoms with E-state index in [4.69, 9.17) is 22.1 Å². The van der Waals surface area contributed by atoms with E-state index in [9.17, 15) is 4.79 Å². The Bertz CT molecular complexity index is 906. The van der Waals surface area contributed by atoms with Gasteiger partial charge >= 0.3 is 0 Å². The van der Waals surface area contributed by atoms with Gasteiger partial charge in [-0.25, -0.2) is 5.01 Å². The van der Waals surface area contributed by atoms with Crippen molar-refractivity contribution in [2.75, 3.05) is 26.0 Å². The molecule has 1 aromatic carbocycles. The number of amides is 1. The molecule has 0 spiro atoms. The Labute approximate surface area is 191 Å². The lowest BCUT2D eigenvalue weighted by Gasteiger charge is -2.29. The third-order valence-electron chi connectivity index (χ3n) is 5.41. The van der Waals surface area contributed by atoms with Crippen molar-refractivity contribution in [3.63, 3.8) is 0 Å². The predicted molar refractivity (Wildman–Crippen MR) is 129 cm³/mol. The van der Waals surface area contributed by atoms with Crippen molar-refractivity contribution in [2.45, 2.75) is 31.7 Å². The van der Waals surface area contributed by atoms with Gasteiger partial charge in [0.1, 0.15) is 10.1 Å². The fourth-order valence-corrected chi connectivity index (χ4v) is 5.60. The quantitative estimate of drug-likeness (QED) is 0.593. The average Bonchev–Trinajstić information content (AvgIpc) is 3.48. The molecule has 0 unspecified atom stereocenters.